The molecule has 1 aromatic heterocycles. The second-order valence-electron chi connectivity index (χ2n) is 5.32. The fourth-order valence-corrected chi connectivity index (χ4v) is 2.69. The van der Waals surface area contributed by atoms with Gasteiger partial charge in [0.25, 0.3) is 5.91 Å². The molecule has 0 unspecified atom stereocenters. The van der Waals surface area contributed by atoms with E-state index in [4.69, 9.17) is 16.3 Å². The molecule has 3 aromatic rings. The summed E-state index contributed by atoms with van der Waals surface area (Å²) in [7, 11) is 0. The Labute approximate surface area is 164 Å². The van der Waals surface area contributed by atoms with Gasteiger partial charge in [-0.25, -0.2) is 5.43 Å². The SMILES string of the molecule is O=C(COc1cccc(Cl)c1)N/N=C/c1cccn1-c1ccc(Br)cc1. The summed E-state index contributed by atoms with van der Waals surface area (Å²) in [6.45, 7) is -0.147. The van der Waals surface area contributed by atoms with Crippen LogP contribution in [-0.2, 0) is 4.79 Å². The van der Waals surface area contributed by atoms with Gasteiger partial charge in [-0.05, 0) is 54.6 Å². The highest BCUT2D eigenvalue weighted by molar-refractivity contribution is 9.10. The zero-order chi connectivity index (χ0) is 18.4. The number of hydrogen-bond acceptors (Lipinski definition) is 3. The van der Waals surface area contributed by atoms with Gasteiger partial charge in [0.2, 0.25) is 0 Å². The first-order chi connectivity index (χ1) is 12.6. The van der Waals surface area contributed by atoms with Crippen LogP contribution in [0.15, 0.2) is 76.4 Å². The van der Waals surface area contributed by atoms with Crippen molar-refractivity contribution >= 4 is 39.7 Å². The average molecular weight is 433 g/mol. The molecule has 0 bridgehead atoms. The minimum atomic E-state index is -0.358. The van der Waals surface area contributed by atoms with Crippen LogP contribution in [0.25, 0.3) is 5.69 Å². The predicted octanol–water partition coefficient (Wildman–Crippen LogP) is 4.42. The van der Waals surface area contributed by atoms with E-state index in [1.807, 2.05) is 47.2 Å². The van der Waals surface area contributed by atoms with Crippen LogP contribution in [0.2, 0.25) is 5.02 Å². The summed E-state index contributed by atoms with van der Waals surface area (Å²) in [5.74, 6) is 0.170. The van der Waals surface area contributed by atoms with Crippen LogP contribution in [-0.4, -0.2) is 23.3 Å². The van der Waals surface area contributed by atoms with Crippen molar-refractivity contribution in [1.82, 2.24) is 9.99 Å². The molecule has 0 atom stereocenters. The summed E-state index contributed by atoms with van der Waals surface area (Å²) in [5, 5.41) is 4.54. The van der Waals surface area contributed by atoms with E-state index in [2.05, 4.69) is 26.5 Å². The van der Waals surface area contributed by atoms with E-state index in [1.54, 1.807) is 30.5 Å². The lowest BCUT2D eigenvalue weighted by atomic mass is 10.3. The molecular formula is C19H15BrClN3O2. The number of amides is 1. The van der Waals surface area contributed by atoms with Crippen molar-refractivity contribution in [3.05, 3.63) is 82.0 Å². The molecule has 1 heterocycles. The maximum Gasteiger partial charge on any atom is 0.277 e. The Morgan fingerprint density at radius 2 is 2.00 bits per heavy atom. The highest BCUT2D eigenvalue weighted by Gasteiger charge is 2.03. The first-order valence-electron chi connectivity index (χ1n) is 7.75. The van der Waals surface area contributed by atoms with Crippen LogP contribution in [0, 0.1) is 0 Å². The van der Waals surface area contributed by atoms with Gasteiger partial charge in [0.1, 0.15) is 5.75 Å². The zero-order valence-electron chi connectivity index (χ0n) is 13.6. The highest BCUT2D eigenvalue weighted by Crippen LogP contribution is 2.17. The van der Waals surface area contributed by atoms with Crippen molar-refractivity contribution in [2.24, 2.45) is 5.10 Å². The summed E-state index contributed by atoms with van der Waals surface area (Å²) in [4.78, 5) is 11.8. The molecule has 0 radical (unpaired) electrons. The zero-order valence-corrected chi connectivity index (χ0v) is 15.9. The van der Waals surface area contributed by atoms with E-state index >= 15 is 0 Å². The Hall–Kier alpha value is -2.57. The molecule has 1 N–H and O–H groups in total. The quantitative estimate of drug-likeness (QED) is 0.463. The van der Waals surface area contributed by atoms with Gasteiger partial charge in [-0.2, -0.15) is 5.10 Å². The lowest BCUT2D eigenvalue weighted by Crippen LogP contribution is -2.24. The van der Waals surface area contributed by atoms with Gasteiger partial charge in [-0.3, -0.25) is 4.79 Å². The molecule has 26 heavy (non-hydrogen) atoms. The second kappa shape index (κ2) is 8.69. The number of carbonyl (C=O) groups excluding carboxylic acids is 1. The van der Waals surface area contributed by atoms with E-state index in [1.165, 1.54) is 0 Å². The summed E-state index contributed by atoms with van der Waals surface area (Å²) in [6, 6.07) is 18.6. The number of halogens is 2. The van der Waals surface area contributed by atoms with Crippen LogP contribution >= 0.6 is 27.5 Å². The fourth-order valence-electron chi connectivity index (χ4n) is 2.24. The number of hydrogen-bond donors (Lipinski definition) is 1. The van der Waals surface area contributed by atoms with Gasteiger partial charge in [0, 0.05) is 21.4 Å². The van der Waals surface area contributed by atoms with E-state index in [0.717, 1.165) is 15.9 Å². The molecule has 0 saturated heterocycles. The number of nitrogens with one attached hydrogen (secondary N) is 1. The van der Waals surface area contributed by atoms with Gasteiger partial charge in [-0.15, -0.1) is 0 Å². The van der Waals surface area contributed by atoms with E-state index in [-0.39, 0.29) is 12.5 Å². The van der Waals surface area contributed by atoms with Gasteiger partial charge in [0.15, 0.2) is 6.61 Å². The summed E-state index contributed by atoms with van der Waals surface area (Å²) in [6.07, 6.45) is 3.51. The minimum absolute atomic E-state index is 0.147. The standard InChI is InChI=1S/C19H15BrClN3O2/c20-14-6-8-16(9-7-14)24-10-2-4-17(24)12-22-23-19(25)13-26-18-5-1-3-15(21)11-18/h1-12H,13H2,(H,23,25)/b22-12+. The van der Waals surface area contributed by atoms with Gasteiger partial charge in [-0.1, -0.05) is 33.6 Å². The van der Waals surface area contributed by atoms with Gasteiger partial charge < -0.3 is 9.30 Å². The fraction of sp³-hybridized carbons (Fsp3) is 0.0526. The third-order valence-corrected chi connectivity index (χ3v) is 4.20. The summed E-state index contributed by atoms with van der Waals surface area (Å²) in [5.41, 5.74) is 4.28. The number of aromatic nitrogens is 1. The third-order valence-electron chi connectivity index (χ3n) is 3.44. The lowest BCUT2D eigenvalue weighted by molar-refractivity contribution is -0.123. The number of carbonyl (C=O) groups is 1. The smallest absolute Gasteiger partial charge is 0.277 e. The maximum absolute atomic E-state index is 11.8. The summed E-state index contributed by atoms with van der Waals surface area (Å²) >= 11 is 9.28. The monoisotopic (exact) mass is 431 g/mol. The molecule has 0 saturated carbocycles. The predicted molar refractivity (Wildman–Crippen MR) is 106 cm³/mol. The largest absolute Gasteiger partial charge is 0.484 e. The molecule has 7 heteroatoms. The van der Waals surface area contributed by atoms with Crippen LogP contribution in [0.5, 0.6) is 5.75 Å². The Kier molecular flexibility index (Phi) is 6.09. The van der Waals surface area contributed by atoms with Crippen LogP contribution in [0.4, 0.5) is 0 Å². The normalized spacial score (nSPS) is 10.8. The van der Waals surface area contributed by atoms with Crippen molar-refractivity contribution in [3.8, 4) is 11.4 Å². The van der Waals surface area contributed by atoms with Crippen LogP contribution in [0.1, 0.15) is 5.69 Å². The Morgan fingerprint density at radius 3 is 2.77 bits per heavy atom. The molecule has 0 aliphatic carbocycles. The van der Waals surface area contributed by atoms with Crippen molar-refractivity contribution in [2.45, 2.75) is 0 Å². The number of benzene rings is 2. The molecule has 5 nitrogen and oxygen atoms in total. The van der Waals surface area contributed by atoms with Crippen molar-refractivity contribution in [3.63, 3.8) is 0 Å². The number of ether oxygens (including phenoxy) is 1. The molecule has 2 aromatic carbocycles. The molecule has 3 rings (SSSR count). The van der Waals surface area contributed by atoms with Crippen molar-refractivity contribution in [2.75, 3.05) is 6.61 Å². The molecule has 1 amide bonds. The number of nitrogens with zero attached hydrogens (tertiary/aromatic N) is 2. The third kappa shape index (κ3) is 4.97. The molecular weight excluding hydrogens is 418 g/mol. The van der Waals surface area contributed by atoms with E-state index < -0.39 is 0 Å². The Morgan fingerprint density at radius 1 is 1.19 bits per heavy atom. The number of hydrazone groups is 1. The van der Waals surface area contributed by atoms with Gasteiger partial charge >= 0.3 is 0 Å². The molecule has 0 spiro atoms. The Balaban J connectivity index is 1.56. The number of rotatable bonds is 6. The van der Waals surface area contributed by atoms with Crippen molar-refractivity contribution < 1.29 is 9.53 Å². The molecule has 0 aliphatic heterocycles. The first kappa shape index (κ1) is 18.2. The molecule has 0 aliphatic rings. The van der Waals surface area contributed by atoms with Gasteiger partial charge in [0.05, 0.1) is 11.9 Å². The second-order valence-corrected chi connectivity index (χ2v) is 6.67. The van der Waals surface area contributed by atoms with E-state index in [9.17, 15) is 4.79 Å². The Bertz CT molecular complexity index is 923. The van der Waals surface area contributed by atoms with Crippen molar-refractivity contribution in [1.29, 1.82) is 0 Å². The topological polar surface area (TPSA) is 55.6 Å². The lowest BCUT2D eigenvalue weighted by Gasteiger charge is -2.07. The van der Waals surface area contributed by atoms with E-state index in [0.29, 0.717) is 10.8 Å². The first-order valence-corrected chi connectivity index (χ1v) is 8.92. The average Bonchev–Trinajstić information content (AvgIpc) is 3.09. The maximum atomic E-state index is 11.8. The minimum Gasteiger partial charge on any atom is -0.484 e. The van der Waals surface area contributed by atoms with Crippen LogP contribution in [0.3, 0.4) is 0 Å². The molecule has 132 valence electrons. The summed E-state index contributed by atoms with van der Waals surface area (Å²) < 4.78 is 8.33. The highest BCUT2D eigenvalue weighted by atomic mass is 79.9. The molecule has 0 fully saturated rings. The van der Waals surface area contributed by atoms with Crippen LogP contribution < -0.4 is 10.2 Å².